The fourth-order valence-electron chi connectivity index (χ4n) is 4.34. The van der Waals surface area contributed by atoms with Gasteiger partial charge in [0.25, 0.3) is 0 Å². The summed E-state index contributed by atoms with van der Waals surface area (Å²) in [5, 5.41) is 7.79. The average Bonchev–Trinajstić information content (AvgIpc) is 3.16. The van der Waals surface area contributed by atoms with E-state index in [4.69, 9.17) is 9.62 Å². The molecule has 1 aliphatic carbocycles. The SMILES string of the molecule is CC(=NCCc1ccc2nonc2c1)c1ccc(C)cc1C1CCC(C)CC1. The summed E-state index contributed by atoms with van der Waals surface area (Å²) in [7, 11) is 0. The Morgan fingerprint density at radius 2 is 1.82 bits per heavy atom. The van der Waals surface area contributed by atoms with Crippen molar-refractivity contribution in [1.82, 2.24) is 10.3 Å². The van der Waals surface area contributed by atoms with Gasteiger partial charge in [-0.1, -0.05) is 49.6 Å². The number of aryl methyl sites for hydroxylation is 1. The lowest BCUT2D eigenvalue weighted by atomic mass is 9.77. The van der Waals surface area contributed by atoms with Gasteiger partial charge in [-0.05, 0) is 84.1 Å². The Bertz CT molecular complexity index is 980. The van der Waals surface area contributed by atoms with Crippen LogP contribution in [-0.4, -0.2) is 22.6 Å². The third-order valence-corrected chi connectivity index (χ3v) is 6.12. The van der Waals surface area contributed by atoms with Crippen molar-refractivity contribution in [2.45, 2.75) is 58.8 Å². The standard InChI is InChI=1S/C24H29N3O/c1-16-4-8-20(9-5-16)22-14-17(2)6-10-21(22)18(3)25-13-12-19-7-11-23-24(15-19)27-28-26-23/h6-7,10-11,14-16,20H,4-5,8-9,12-13H2,1-3H3. The van der Waals surface area contributed by atoms with Gasteiger partial charge in [-0.25, -0.2) is 4.63 Å². The number of nitrogens with zero attached hydrogens (tertiary/aromatic N) is 3. The smallest absolute Gasteiger partial charge is 0.135 e. The molecule has 146 valence electrons. The normalized spacial score (nSPS) is 20.6. The second-order valence-electron chi connectivity index (χ2n) is 8.35. The van der Waals surface area contributed by atoms with Crippen LogP contribution in [0, 0.1) is 12.8 Å². The molecule has 4 heteroatoms. The summed E-state index contributed by atoms with van der Waals surface area (Å²) >= 11 is 0. The van der Waals surface area contributed by atoms with Crippen molar-refractivity contribution in [2.75, 3.05) is 6.54 Å². The van der Waals surface area contributed by atoms with Crippen LogP contribution in [0.1, 0.15) is 67.7 Å². The van der Waals surface area contributed by atoms with Gasteiger partial charge < -0.3 is 0 Å². The molecule has 0 spiro atoms. The van der Waals surface area contributed by atoms with Crippen LogP contribution in [0.3, 0.4) is 0 Å². The summed E-state index contributed by atoms with van der Waals surface area (Å²) in [4.78, 5) is 4.91. The third-order valence-electron chi connectivity index (χ3n) is 6.12. The van der Waals surface area contributed by atoms with Crippen molar-refractivity contribution < 1.29 is 4.63 Å². The molecule has 2 aromatic carbocycles. The minimum Gasteiger partial charge on any atom is -0.289 e. The highest BCUT2D eigenvalue weighted by atomic mass is 16.6. The van der Waals surface area contributed by atoms with Crippen LogP contribution in [0.15, 0.2) is 46.0 Å². The first-order valence-electron chi connectivity index (χ1n) is 10.4. The predicted molar refractivity (Wildman–Crippen MR) is 114 cm³/mol. The van der Waals surface area contributed by atoms with Gasteiger partial charge in [0, 0.05) is 12.3 Å². The van der Waals surface area contributed by atoms with E-state index in [9.17, 15) is 0 Å². The Morgan fingerprint density at radius 3 is 2.64 bits per heavy atom. The summed E-state index contributed by atoms with van der Waals surface area (Å²) in [6, 6.07) is 13.0. The topological polar surface area (TPSA) is 51.3 Å². The lowest BCUT2D eigenvalue weighted by Crippen LogP contribution is -2.14. The summed E-state index contributed by atoms with van der Waals surface area (Å²) < 4.78 is 4.78. The maximum Gasteiger partial charge on any atom is 0.135 e. The first-order valence-corrected chi connectivity index (χ1v) is 10.4. The summed E-state index contributed by atoms with van der Waals surface area (Å²) in [6.45, 7) is 7.51. The molecule has 4 rings (SSSR count). The van der Waals surface area contributed by atoms with Crippen LogP contribution in [-0.2, 0) is 6.42 Å². The van der Waals surface area contributed by atoms with Crippen LogP contribution in [0.25, 0.3) is 11.0 Å². The zero-order valence-electron chi connectivity index (χ0n) is 17.1. The maximum atomic E-state index is 4.91. The van der Waals surface area contributed by atoms with Crippen molar-refractivity contribution in [3.63, 3.8) is 0 Å². The predicted octanol–water partition coefficient (Wildman–Crippen LogP) is 5.88. The first kappa shape index (κ1) is 18.9. The Kier molecular flexibility index (Phi) is 5.56. The highest BCUT2D eigenvalue weighted by Crippen LogP contribution is 2.37. The van der Waals surface area contributed by atoms with Gasteiger partial charge in [-0.15, -0.1) is 0 Å². The molecule has 28 heavy (non-hydrogen) atoms. The molecule has 0 atom stereocenters. The van der Waals surface area contributed by atoms with E-state index in [1.165, 1.54) is 47.9 Å². The number of aromatic nitrogens is 2. The van der Waals surface area contributed by atoms with Crippen molar-refractivity contribution in [3.05, 3.63) is 58.7 Å². The number of aliphatic imine (C=N–C) groups is 1. The molecule has 4 nitrogen and oxygen atoms in total. The van der Waals surface area contributed by atoms with Gasteiger partial charge in [0.1, 0.15) is 11.0 Å². The zero-order chi connectivity index (χ0) is 19.5. The second-order valence-corrected chi connectivity index (χ2v) is 8.35. The van der Waals surface area contributed by atoms with Crippen LogP contribution < -0.4 is 0 Å². The summed E-state index contributed by atoms with van der Waals surface area (Å²) in [5.41, 5.74) is 8.16. The molecule has 0 bridgehead atoms. The molecule has 1 heterocycles. The van der Waals surface area contributed by atoms with Gasteiger partial charge in [0.05, 0.1) is 0 Å². The third kappa shape index (κ3) is 4.16. The van der Waals surface area contributed by atoms with E-state index in [0.29, 0.717) is 5.92 Å². The fraction of sp³-hybridized carbons (Fsp3) is 0.458. The highest BCUT2D eigenvalue weighted by molar-refractivity contribution is 6.00. The molecular weight excluding hydrogens is 346 g/mol. The lowest BCUT2D eigenvalue weighted by Gasteiger charge is -2.28. The van der Waals surface area contributed by atoms with Gasteiger partial charge in [0.15, 0.2) is 0 Å². The minimum absolute atomic E-state index is 0.679. The van der Waals surface area contributed by atoms with Gasteiger partial charge >= 0.3 is 0 Å². The van der Waals surface area contributed by atoms with Crippen LogP contribution in [0.2, 0.25) is 0 Å². The van der Waals surface area contributed by atoms with E-state index < -0.39 is 0 Å². The highest BCUT2D eigenvalue weighted by Gasteiger charge is 2.22. The van der Waals surface area contributed by atoms with Gasteiger partial charge in [-0.2, -0.15) is 0 Å². The average molecular weight is 376 g/mol. The van der Waals surface area contributed by atoms with Crippen molar-refractivity contribution >= 4 is 16.7 Å². The molecule has 0 saturated heterocycles. The Balaban J connectivity index is 1.49. The van der Waals surface area contributed by atoms with Crippen molar-refractivity contribution in [2.24, 2.45) is 10.9 Å². The van der Waals surface area contributed by atoms with Crippen molar-refractivity contribution in [1.29, 1.82) is 0 Å². The molecule has 0 unspecified atom stereocenters. The maximum absolute atomic E-state index is 4.91. The quantitative estimate of drug-likeness (QED) is 0.524. The molecule has 3 aromatic rings. The van der Waals surface area contributed by atoms with Crippen LogP contribution >= 0.6 is 0 Å². The van der Waals surface area contributed by atoms with E-state index in [-0.39, 0.29) is 0 Å². The van der Waals surface area contributed by atoms with Gasteiger partial charge in [0.2, 0.25) is 0 Å². The Labute approximate surface area is 167 Å². The van der Waals surface area contributed by atoms with Crippen molar-refractivity contribution in [3.8, 4) is 0 Å². The number of hydrogen-bond acceptors (Lipinski definition) is 4. The zero-order valence-corrected chi connectivity index (χ0v) is 17.1. The number of hydrogen-bond donors (Lipinski definition) is 0. The largest absolute Gasteiger partial charge is 0.289 e. The van der Waals surface area contributed by atoms with Crippen LogP contribution in [0.4, 0.5) is 0 Å². The monoisotopic (exact) mass is 375 g/mol. The molecule has 0 amide bonds. The van der Waals surface area contributed by atoms with E-state index >= 15 is 0 Å². The van der Waals surface area contributed by atoms with E-state index in [0.717, 1.165) is 35.6 Å². The number of fused-ring (bicyclic) bond motifs is 1. The lowest BCUT2D eigenvalue weighted by molar-refractivity contribution is 0.315. The van der Waals surface area contributed by atoms with E-state index in [2.05, 4.69) is 55.4 Å². The molecule has 1 aromatic heterocycles. The van der Waals surface area contributed by atoms with Gasteiger partial charge in [-0.3, -0.25) is 4.99 Å². The molecule has 0 radical (unpaired) electrons. The first-order chi connectivity index (χ1) is 13.6. The Hall–Kier alpha value is -2.49. The molecule has 1 fully saturated rings. The number of benzene rings is 2. The molecule has 0 aliphatic heterocycles. The van der Waals surface area contributed by atoms with E-state index in [1.807, 2.05) is 12.1 Å². The second kappa shape index (κ2) is 8.26. The summed E-state index contributed by atoms with van der Waals surface area (Å²) in [6.07, 6.45) is 6.18. The fourth-order valence-corrected chi connectivity index (χ4v) is 4.34. The molecular formula is C24H29N3O. The Morgan fingerprint density at radius 1 is 1.04 bits per heavy atom. The molecule has 0 N–H and O–H groups in total. The molecule has 1 aliphatic rings. The number of rotatable bonds is 5. The minimum atomic E-state index is 0.679. The van der Waals surface area contributed by atoms with E-state index in [1.54, 1.807) is 0 Å². The molecule has 1 saturated carbocycles. The summed E-state index contributed by atoms with van der Waals surface area (Å²) in [5.74, 6) is 1.55. The van der Waals surface area contributed by atoms with Crippen LogP contribution in [0.5, 0.6) is 0 Å².